The molecule has 0 heterocycles. The molecule has 0 spiro atoms. The van der Waals surface area contributed by atoms with E-state index in [4.69, 9.17) is 15.2 Å². The summed E-state index contributed by atoms with van der Waals surface area (Å²) in [7, 11) is 0. The van der Waals surface area contributed by atoms with E-state index in [9.17, 15) is 0 Å². The van der Waals surface area contributed by atoms with Gasteiger partial charge in [-0.25, -0.2) is 0 Å². The van der Waals surface area contributed by atoms with E-state index in [1.54, 1.807) is 0 Å². The highest BCUT2D eigenvalue weighted by Gasteiger charge is 1.94. The van der Waals surface area contributed by atoms with Crippen LogP contribution in [0.5, 0.6) is 0 Å². The number of unbranched alkanes of at least 4 members (excludes halogenated alkanes) is 13. The first kappa shape index (κ1) is 22.9. The number of rotatable bonds is 20. The topological polar surface area (TPSA) is 44.5 Å². The molecule has 0 aliphatic carbocycles. The van der Waals surface area contributed by atoms with Crippen LogP contribution in [-0.4, -0.2) is 33.0 Å². The van der Waals surface area contributed by atoms with Gasteiger partial charge in [-0.1, -0.05) is 90.4 Å². The second-order valence-corrected chi connectivity index (χ2v) is 6.61. The van der Waals surface area contributed by atoms with Gasteiger partial charge in [0.05, 0.1) is 19.8 Å². The first-order valence-corrected chi connectivity index (χ1v) is 10.3. The van der Waals surface area contributed by atoms with E-state index in [1.807, 2.05) is 0 Å². The minimum Gasteiger partial charge on any atom is -0.379 e. The van der Waals surface area contributed by atoms with E-state index in [0.29, 0.717) is 26.4 Å². The third kappa shape index (κ3) is 21.9. The minimum absolute atomic E-state index is 0.596. The Labute approximate surface area is 145 Å². The molecule has 3 heteroatoms. The minimum atomic E-state index is 0.596. The maximum absolute atomic E-state index is 5.52. The third-order valence-corrected chi connectivity index (χ3v) is 4.28. The average molecular weight is 330 g/mol. The van der Waals surface area contributed by atoms with Crippen LogP contribution in [-0.2, 0) is 9.47 Å². The van der Waals surface area contributed by atoms with Gasteiger partial charge in [-0.3, -0.25) is 0 Å². The van der Waals surface area contributed by atoms with E-state index in [-0.39, 0.29) is 0 Å². The van der Waals surface area contributed by atoms with Crippen molar-refractivity contribution in [3.63, 3.8) is 0 Å². The van der Waals surface area contributed by atoms with Crippen molar-refractivity contribution in [3.05, 3.63) is 0 Å². The highest BCUT2D eigenvalue weighted by Crippen LogP contribution is 2.12. The summed E-state index contributed by atoms with van der Waals surface area (Å²) in [6.45, 7) is 5.78. The third-order valence-electron chi connectivity index (χ3n) is 4.28. The van der Waals surface area contributed by atoms with Crippen LogP contribution in [0.3, 0.4) is 0 Å². The van der Waals surface area contributed by atoms with Gasteiger partial charge in [0.2, 0.25) is 0 Å². The second-order valence-electron chi connectivity index (χ2n) is 6.61. The molecule has 0 saturated heterocycles. The average Bonchev–Trinajstić information content (AvgIpc) is 2.57. The lowest BCUT2D eigenvalue weighted by molar-refractivity contribution is 0.0492. The molecule has 0 saturated carbocycles. The Morgan fingerprint density at radius 1 is 0.478 bits per heavy atom. The lowest BCUT2D eigenvalue weighted by Crippen LogP contribution is -2.12. The van der Waals surface area contributed by atoms with Crippen molar-refractivity contribution in [2.24, 2.45) is 5.73 Å². The molecular formula is C20H43NO2. The molecule has 0 fully saturated rings. The number of hydrogen-bond donors (Lipinski definition) is 1. The van der Waals surface area contributed by atoms with Crippen molar-refractivity contribution in [2.45, 2.75) is 96.8 Å². The fourth-order valence-corrected chi connectivity index (χ4v) is 2.80. The van der Waals surface area contributed by atoms with Gasteiger partial charge in [-0.2, -0.15) is 0 Å². The van der Waals surface area contributed by atoms with E-state index in [1.165, 1.54) is 89.9 Å². The molecule has 0 aromatic rings. The fraction of sp³-hybridized carbons (Fsp3) is 1.00. The molecule has 23 heavy (non-hydrogen) atoms. The smallest absolute Gasteiger partial charge is 0.0701 e. The van der Waals surface area contributed by atoms with Gasteiger partial charge in [0, 0.05) is 13.2 Å². The molecule has 0 atom stereocenters. The molecule has 3 nitrogen and oxygen atoms in total. The molecule has 140 valence electrons. The lowest BCUT2D eigenvalue weighted by Gasteiger charge is -2.05. The van der Waals surface area contributed by atoms with Crippen LogP contribution in [0, 0.1) is 0 Å². The maximum atomic E-state index is 5.52. The van der Waals surface area contributed by atoms with Crippen molar-refractivity contribution in [1.82, 2.24) is 0 Å². The summed E-state index contributed by atoms with van der Waals surface area (Å²) in [5, 5.41) is 0. The van der Waals surface area contributed by atoms with Crippen LogP contribution >= 0.6 is 0 Å². The Morgan fingerprint density at radius 2 is 0.870 bits per heavy atom. The molecule has 0 unspecified atom stereocenters. The first-order valence-electron chi connectivity index (χ1n) is 10.3. The molecule has 0 bridgehead atoms. The van der Waals surface area contributed by atoms with Crippen LogP contribution < -0.4 is 5.73 Å². The van der Waals surface area contributed by atoms with Gasteiger partial charge in [0.25, 0.3) is 0 Å². The second kappa shape index (κ2) is 21.9. The van der Waals surface area contributed by atoms with Crippen LogP contribution in [0.2, 0.25) is 0 Å². The Kier molecular flexibility index (Phi) is 21.8. The number of ether oxygens (including phenoxy) is 2. The molecule has 0 rings (SSSR count). The zero-order valence-corrected chi connectivity index (χ0v) is 15.8. The van der Waals surface area contributed by atoms with Crippen molar-refractivity contribution >= 4 is 0 Å². The van der Waals surface area contributed by atoms with E-state index >= 15 is 0 Å². The first-order chi connectivity index (χ1) is 11.4. The van der Waals surface area contributed by atoms with Crippen LogP contribution in [0.25, 0.3) is 0 Å². The predicted octanol–water partition coefficient (Wildman–Crippen LogP) is 5.46. The Bertz CT molecular complexity index is 180. The molecule has 0 aliphatic rings. The lowest BCUT2D eigenvalue weighted by atomic mass is 10.0. The molecule has 0 radical (unpaired) electrons. The maximum Gasteiger partial charge on any atom is 0.0701 e. The normalized spacial score (nSPS) is 11.2. The van der Waals surface area contributed by atoms with E-state index < -0.39 is 0 Å². The van der Waals surface area contributed by atoms with Gasteiger partial charge >= 0.3 is 0 Å². The standard InChI is InChI=1S/C20H43NO2/c1-2-3-4-5-6-7-8-9-10-11-12-13-14-15-17-22-19-20-23-18-16-21/h2-21H2,1H3. The monoisotopic (exact) mass is 329 g/mol. The van der Waals surface area contributed by atoms with Gasteiger partial charge < -0.3 is 15.2 Å². The molecular weight excluding hydrogens is 286 g/mol. The molecule has 2 N–H and O–H groups in total. The van der Waals surface area contributed by atoms with Gasteiger partial charge in [0.1, 0.15) is 0 Å². The predicted molar refractivity (Wildman–Crippen MR) is 101 cm³/mol. The Balaban J connectivity index is 2.92. The Hall–Kier alpha value is -0.120. The summed E-state index contributed by atoms with van der Waals surface area (Å²) < 4.78 is 10.8. The number of nitrogens with two attached hydrogens (primary N) is 1. The SMILES string of the molecule is CCCCCCCCCCCCCCCCOCCOCCN. The van der Waals surface area contributed by atoms with Crippen molar-refractivity contribution < 1.29 is 9.47 Å². The molecule has 0 amide bonds. The summed E-state index contributed by atoms with van der Waals surface area (Å²) in [6, 6.07) is 0. The van der Waals surface area contributed by atoms with Crippen LogP contribution in [0.1, 0.15) is 96.8 Å². The van der Waals surface area contributed by atoms with Crippen LogP contribution in [0.4, 0.5) is 0 Å². The molecule has 0 aromatic heterocycles. The van der Waals surface area contributed by atoms with Crippen LogP contribution in [0.15, 0.2) is 0 Å². The van der Waals surface area contributed by atoms with Gasteiger partial charge in [0.15, 0.2) is 0 Å². The summed E-state index contributed by atoms with van der Waals surface area (Å²) in [4.78, 5) is 0. The molecule has 0 aliphatic heterocycles. The molecule has 0 aromatic carbocycles. The van der Waals surface area contributed by atoms with Gasteiger partial charge in [-0.15, -0.1) is 0 Å². The summed E-state index contributed by atoms with van der Waals surface area (Å²) >= 11 is 0. The van der Waals surface area contributed by atoms with E-state index in [0.717, 1.165) is 6.61 Å². The number of hydrogen-bond acceptors (Lipinski definition) is 3. The fourth-order valence-electron chi connectivity index (χ4n) is 2.80. The van der Waals surface area contributed by atoms with Crippen molar-refractivity contribution in [3.8, 4) is 0 Å². The van der Waals surface area contributed by atoms with Crippen molar-refractivity contribution in [2.75, 3.05) is 33.0 Å². The quantitative estimate of drug-likeness (QED) is 0.302. The highest BCUT2D eigenvalue weighted by atomic mass is 16.5. The summed E-state index contributed by atoms with van der Waals surface area (Å²) in [6.07, 6.45) is 19.6. The largest absolute Gasteiger partial charge is 0.379 e. The van der Waals surface area contributed by atoms with E-state index in [2.05, 4.69) is 6.92 Å². The van der Waals surface area contributed by atoms with Gasteiger partial charge in [-0.05, 0) is 6.42 Å². The summed E-state index contributed by atoms with van der Waals surface area (Å²) in [5.74, 6) is 0. The highest BCUT2D eigenvalue weighted by molar-refractivity contribution is 4.49. The zero-order valence-electron chi connectivity index (χ0n) is 15.8. The van der Waals surface area contributed by atoms with Crippen molar-refractivity contribution in [1.29, 1.82) is 0 Å². The zero-order chi connectivity index (χ0) is 16.8. The Morgan fingerprint density at radius 3 is 1.30 bits per heavy atom. The summed E-state index contributed by atoms with van der Waals surface area (Å²) in [5.41, 5.74) is 5.34.